The lowest BCUT2D eigenvalue weighted by molar-refractivity contribution is 0.408. The number of fused-ring (bicyclic) bond motifs is 1. The Balaban J connectivity index is 0.000000180. The molecule has 0 fully saturated rings. The third-order valence-electron chi connectivity index (χ3n) is 4.89. The number of nitrogen functional groups attached to an aromatic ring is 1. The van der Waals surface area contributed by atoms with Gasteiger partial charge in [0.05, 0.1) is 12.6 Å². The van der Waals surface area contributed by atoms with Crippen LogP contribution in [0.5, 0.6) is 11.5 Å². The van der Waals surface area contributed by atoms with E-state index in [4.69, 9.17) is 10.5 Å². The van der Waals surface area contributed by atoms with E-state index in [1.165, 1.54) is 9.79 Å². The third kappa shape index (κ3) is 6.21. The first-order valence-electron chi connectivity index (χ1n) is 10.7. The number of phenols is 1. The van der Waals surface area contributed by atoms with Crippen LogP contribution >= 0.6 is 11.8 Å². The van der Waals surface area contributed by atoms with Crippen LogP contribution in [0.25, 0.3) is 10.9 Å². The summed E-state index contributed by atoms with van der Waals surface area (Å²) < 4.78 is 5.15. The highest BCUT2D eigenvalue weighted by Crippen LogP contribution is 2.31. The fraction of sp³-hybridized carbons (Fsp3) is 0.0357. The molecule has 1 aromatic heterocycles. The molecule has 4 N–H and O–H groups in total. The molecule has 6 heteroatoms. The molecule has 5 aromatic rings. The molecule has 5 nitrogen and oxygen atoms in total. The number of nitrogens with one attached hydrogen (secondary N) is 1. The van der Waals surface area contributed by atoms with Crippen LogP contribution in [0.15, 0.2) is 119 Å². The molecule has 5 rings (SSSR count). The summed E-state index contributed by atoms with van der Waals surface area (Å²) in [4.78, 5) is 6.88. The topological polar surface area (TPSA) is 80.4 Å². The van der Waals surface area contributed by atoms with Crippen LogP contribution in [-0.4, -0.2) is 17.2 Å². The average Bonchev–Trinajstić information content (AvgIpc) is 2.86. The molecular formula is C28H25N3O2S. The number of rotatable bonds is 5. The van der Waals surface area contributed by atoms with Crippen molar-refractivity contribution in [2.24, 2.45) is 0 Å². The first kappa shape index (κ1) is 23.0. The molecule has 0 saturated carbocycles. The number of nitrogens with two attached hydrogens (primary N) is 1. The number of hydrogen-bond donors (Lipinski definition) is 3. The molecule has 34 heavy (non-hydrogen) atoms. The summed E-state index contributed by atoms with van der Waals surface area (Å²) in [7, 11) is 1.56. The summed E-state index contributed by atoms with van der Waals surface area (Å²) in [6.45, 7) is 0. The fourth-order valence-corrected chi connectivity index (χ4v) is 4.17. The van der Waals surface area contributed by atoms with Gasteiger partial charge in [-0.05, 0) is 48.5 Å². The molecule has 0 amide bonds. The standard InChI is InChI=1S/C16H15N3O2.C12H10S/c1-21-13-8-11(7-12(20)9-13)19-16-4-5-18-15-3-2-10(17)6-14(15)16;1-3-7-11(8-4-1)13-12-9-5-2-6-10-12/h2-9,20H,17H2,1H3,(H,18,19);1-10H. The van der Waals surface area contributed by atoms with Crippen LogP contribution in [0.3, 0.4) is 0 Å². The van der Waals surface area contributed by atoms with Crippen molar-refractivity contribution in [3.63, 3.8) is 0 Å². The zero-order valence-corrected chi connectivity index (χ0v) is 19.5. The molecule has 0 unspecified atom stereocenters. The summed E-state index contributed by atoms with van der Waals surface area (Å²) in [5, 5.41) is 13.9. The van der Waals surface area contributed by atoms with Gasteiger partial charge in [-0.2, -0.15) is 0 Å². The molecular weight excluding hydrogens is 442 g/mol. The van der Waals surface area contributed by atoms with Gasteiger partial charge in [0, 0.05) is 56.6 Å². The Morgan fingerprint density at radius 3 is 2.15 bits per heavy atom. The largest absolute Gasteiger partial charge is 0.508 e. The Labute approximate surface area is 203 Å². The summed E-state index contributed by atoms with van der Waals surface area (Å²) in [6, 6.07) is 33.2. The molecule has 1 heterocycles. The second-order valence-electron chi connectivity index (χ2n) is 7.41. The average molecular weight is 468 g/mol. The van der Waals surface area contributed by atoms with Gasteiger partial charge in [0.2, 0.25) is 0 Å². The second-order valence-corrected chi connectivity index (χ2v) is 8.55. The zero-order chi connectivity index (χ0) is 23.8. The number of benzene rings is 4. The van der Waals surface area contributed by atoms with Gasteiger partial charge in [-0.15, -0.1) is 0 Å². The molecule has 0 spiro atoms. The minimum atomic E-state index is 0.134. The number of pyridine rings is 1. The highest BCUT2D eigenvalue weighted by molar-refractivity contribution is 7.99. The lowest BCUT2D eigenvalue weighted by Crippen LogP contribution is -1.94. The highest BCUT2D eigenvalue weighted by Gasteiger charge is 2.05. The minimum Gasteiger partial charge on any atom is -0.508 e. The maximum absolute atomic E-state index is 9.71. The van der Waals surface area contributed by atoms with E-state index < -0.39 is 0 Å². The van der Waals surface area contributed by atoms with Crippen molar-refractivity contribution in [2.75, 3.05) is 18.2 Å². The number of phenolic OH excluding ortho intramolecular Hbond substituents is 1. The van der Waals surface area contributed by atoms with Crippen molar-refractivity contribution < 1.29 is 9.84 Å². The van der Waals surface area contributed by atoms with E-state index in [9.17, 15) is 5.11 Å². The number of aromatic nitrogens is 1. The number of anilines is 3. The Kier molecular flexibility index (Phi) is 7.53. The maximum Gasteiger partial charge on any atom is 0.124 e. The predicted molar refractivity (Wildman–Crippen MR) is 141 cm³/mol. The third-order valence-corrected chi connectivity index (χ3v) is 5.91. The Morgan fingerprint density at radius 1 is 0.824 bits per heavy atom. The van der Waals surface area contributed by atoms with Gasteiger partial charge in [-0.25, -0.2) is 0 Å². The predicted octanol–water partition coefficient (Wildman–Crippen LogP) is 7.11. The van der Waals surface area contributed by atoms with Crippen molar-refractivity contribution >= 4 is 39.7 Å². The first-order chi connectivity index (χ1) is 16.6. The van der Waals surface area contributed by atoms with Gasteiger partial charge in [0.25, 0.3) is 0 Å². The number of aromatic hydroxyl groups is 1. The minimum absolute atomic E-state index is 0.134. The number of nitrogens with zero attached hydrogens (tertiary/aromatic N) is 1. The van der Waals surface area contributed by atoms with Crippen molar-refractivity contribution in [1.82, 2.24) is 4.98 Å². The van der Waals surface area contributed by atoms with Crippen LogP contribution in [0, 0.1) is 0 Å². The van der Waals surface area contributed by atoms with Crippen LogP contribution in [0.1, 0.15) is 0 Å². The zero-order valence-electron chi connectivity index (χ0n) is 18.7. The molecule has 0 saturated heterocycles. The number of hydrogen-bond acceptors (Lipinski definition) is 6. The van der Waals surface area contributed by atoms with Gasteiger partial charge >= 0.3 is 0 Å². The van der Waals surface area contributed by atoms with Crippen molar-refractivity contribution in [3.05, 3.63) is 109 Å². The van der Waals surface area contributed by atoms with Crippen LogP contribution in [0.4, 0.5) is 17.1 Å². The van der Waals surface area contributed by atoms with E-state index in [1.54, 1.807) is 43.3 Å². The van der Waals surface area contributed by atoms with Gasteiger partial charge in [-0.3, -0.25) is 4.98 Å². The van der Waals surface area contributed by atoms with E-state index in [-0.39, 0.29) is 5.75 Å². The molecule has 0 aliphatic heterocycles. The highest BCUT2D eigenvalue weighted by atomic mass is 32.2. The van der Waals surface area contributed by atoms with Crippen LogP contribution in [0.2, 0.25) is 0 Å². The molecule has 0 atom stereocenters. The molecule has 0 radical (unpaired) electrons. The normalized spacial score (nSPS) is 10.3. The molecule has 0 bridgehead atoms. The lowest BCUT2D eigenvalue weighted by atomic mass is 10.1. The monoisotopic (exact) mass is 467 g/mol. The van der Waals surface area contributed by atoms with E-state index >= 15 is 0 Å². The second kappa shape index (κ2) is 11.1. The van der Waals surface area contributed by atoms with Gasteiger partial charge in [-0.1, -0.05) is 48.2 Å². The summed E-state index contributed by atoms with van der Waals surface area (Å²) >= 11 is 1.79. The van der Waals surface area contributed by atoms with E-state index in [0.29, 0.717) is 11.4 Å². The van der Waals surface area contributed by atoms with Crippen molar-refractivity contribution in [2.45, 2.75) is 9.79 Å². The van der Waals surface area contributed by atoms with Gasteiger partial charge in [0.15, 0.2) is 0 Å². The first-order valence-corrected chi connectivity index (χ1v) is 11.5. The van der Waals surface area contributed by atoms with E-state index in [1.807, 2.05) is 36.4 Å². The number of methoxy groups -OCH3 is 1. The van der Waals surface area contributed by atoms with Crippen molar-refractivity contribution in [1.29, 1.82) is 0 Å². The quantitative estimate of drug-likeness (QED) is 0.239. The lowest BCUT2D eigenvalue weighted by Gasteiger charge is -2.11. The van der Waals surface area contributed by atoms with Gasteiger partial charge < -0.3 is 20.9 Å². The number of ether oxygens (including phenoxy) is 1. The van der Waals surface area contributed by atoms with Crippen LogP contribution < -0.4 is 15.8 Å². The van der Waals surface area contributed by atoms with Gasteiger partial charge in [0.1, 0.15) is 11.5 Å². The molecule has 0 aliphatic rings. The molecule has 170 valence electrons. The SMILES string of the molecule is COc1cc(O)cc(Nc2ccnc3ccc(N)cc23)c1.c1ccc(Sc2ccccc2)cc1. The van der Waals surface area contributed by atoms with E-state index in [0.717, 1.165) is 22.3 Å². The fourth-order valence-electron chi connectivity index (χ4n) is 3.31. The Bertz CT molecular complexity index is 1330. The van der Waals surface area contributed by atoms with Crippen molar-refractivity contribution in [3.8, 4) is 11.5 Å². The maximum atomic E-state index is 9.71. The Hall–Kier alpha value is -4.16. The van der Waals surface area contributed by atoms with Crippen LogP contribution in [-0.2, 0) is 0 Å². The summed E-state index contributed by atoms with van der Waals surface area (Å²) in [6.07, 6.45) is 1.72. The molecule has 0 aliphatic carbocycles. The molecule has 4 aromatic carbocycles. The Morgan fingerprint density at radius 2 is 1.50 bits per heavy atom. The van der Waals surface area contributed by atoms with E-state index in [2.05, 4.69) is 58.8 Å². The summed E-state index contributed by atoms with van der Waals surface area (Å²) in [5.41, 5.74) is 8.95. The smallest absolute Gasteiger partial charge is 0.124 e. The summed E-state index contributed by atoms with van der Waals surface area (Å²) in [5.74, 6) is 0.713.